The maximum atomic E-state index is 5.54. The second-order valence-corrected chi connectivity index (χ2v) is 3.12. The van der Waals surface area contributed by atoms with Gasteiger partial charge in [-0.25, -0.2) is 0 Å². The summed E-state index contributed by atoms with van der Waals surface area (Å²) in [6.07, 6.45) is 2.64. The maximum Gasteiger partial charge on any atom is 0.0364 e. The van der Waals surface area contributed by atoms with E-state index in [-0.39, 0.29) is 0 Å². The van der Waals surface area contributed by atoms with Crippen LogP contribution >= 0.6 is 0 Å². The Morgan fingerprint density at radius 3 is 1.92 bits per heavy atom. The lowest BCUT2D eigenvalue weighted by atomic mass is 10.2. The van der Waals surface area contributed by atoms with E-state index >= 15 is 0 Å². The Balaban J connectivity index is 0.000000310. The van der Waals surface area contributed by atoms with E-state index in [0.29, 0.717) is 0 Å². The van der Waals surface area contributed by atoms with Crippen molar-refractivity contribution in [1.29, 1.82) is 0 Å². The van der Waals surface area contributed by atoms with Crippen molar-refractivity contribution in [1.82, 2.24) is 0 Å². The van der Waals surface area contributed by atoms with E-state index in [0.717, 1.165) is 16.9 Å². The summed E-state index contributed by atoms with van der Waals surface area (Å²) >= 11 is 0. The molecule has 0 aliphatic carbocycles. The molecule has 0 aromatic heterocycles. The van der Waals surface area contributed by atoms with Crippen molar-refractivity contribution in [3.63, 3.8) is 0 Å². The molecule has 4 N–H and O–H groups in total. The van der Waals surface area contributed by atoms with Crippen molar-refractivity contribution in [3.05, 3.63) is 23.8 Å². The zero-order valence-electron chi connectivity index (χ0n) is 8.80. The molecule has 0 aliphatic rings. The fraction of sp³-hybridized carbons (Fsp3) is 0.455. The van der Waals surface area contributed by atoms with E-state index < -0.39 is 0 Å². The Bertz CT molecular complexity index is 242. The highest BCUT2D eigenvalue weighted by atomic mass is 14.6. The number of nitrogen functional groups attached to an aromatic ring is 2. The largest absolute Gasteiger partial charge is 0.399 e. The number of unbranched alkanes of at least 4 members (excludes halogenated alkanes) is 1. The van der Waals surface area contributed by atoms with Gasteiger partial charge in [-0.2, -0.15) is 0 Å². The highest BCUT2D eigenvalue weighted by molar-refractivity contribution is 5.55. The lowest BCUT2D eigenvalue weighted by Gasteiger charge is -1.98. The molecular formula is C11H20N2. The van der Waals surface area contributed by atoms with Gasteiger partial charge in [0.15, 0.2) is 0 Å². The topological polar surface area (TPSA) is 52.0 Å². The summed E-state index contributed by atoms with van der Waals surface area (Å²) in [5.74, 6) is 0. The summed E-state index contributed by atoms with van der Waals surface area (Å²) in [7, 11) is 0. The van der Waals surface area contributed by atoms with Crippen LogP contribution in [0.4, 0.5) is 11.4 Å². The molecule has 13 heavy (non-hydrogen) atoms. The third-order valence-electron chi connectivity index (χ3n) is 1.80. The van der Waals surface area contributed by atoms with Gasteiger partial charge in [-0.3, -0.25) is 0 Å². The van der Waals surface area contributed by atoms with Crippen LogP contribution in [0, 0.1) is 6.92 Å². The predicted molar refractivity (Wildman–Crippen MR) is 60.6 cm³/mol. The van der Waals surface area contributed by atoms with Gasteiger partial charge < -0.3 is 11.5 Å². The van der Waals surface area contributed by atoms with Crippen molar-refractivity contribution in [2.75, 3.05) is 11.5 Å². The molecule has 0 spiro atoms. The SMILES string of the molecule is CCCC.Cc1ccc(N)cc1N. The van der Waals surface area contributed by atoms with Gasteiger partial charge in [-0.05, 0) is 24.6 Å². The maximum absolute atomic E-state index is 5.54. The summed E-state index contributed by atoms with van der Waals surface area (Å²) in [5.41, 5.74) is 13.5. The molecule has 1 rings (SSSR count). The monoisotopic (exact) mass is 180 g/mol. The van der Waals surface area contributed by atoms with Crippen molar-refractivity contribution in [2.45, 2.75) is 33.6 Å². The average Bonchev–Trinajstić information content (AvgIpc) is 2.12. The highest BCUT2D eigenvalue weighted by Gasteiger charge is 1.90. The molecule has 0 saturated carbocycles. The molecule has 0 fully saturated rings. The number of hydrogen-bond donors (Lipinski definition) is 2. The number of nitrogens with two attached hydrogens (primary N) is 2. The van der Waals surface area contributed by atoms with E-state index in [1.54, 1.807) is 6.07 Å². The highest BCUT2D eigenvalue weighted by Crippen LogP contribution is 2.13. The minimum absolute atomic E-state index is 0.720. The molecule has 2 nitrogen and oxygen atoms in total. The molecule has 0 saturated heterocycles. The van der Waals surface area contributed by atoms with Gasteiger partial charge >= 0.3 is 0 Å². The van der Waals surface area contributed by atoms with Crippen molar-refractivity contribution < 1.29 is 0 Å². The lowest BCUT2D eigenvalue weighted by molar-refractivity contribution is 0.886. The van der Waals surface area contributed by atoms with E-state index in [9.17, 15) is 0 Å². The van der Waals surface area contributed by atoms with Crippen molar-refractivity contribution >= 4 is 11.4 Å². The minimum Gasteiger partial charge on any atom is -0.399 e. The summed E-state index contributed by atoms with van der Waals surface area (Å²) in [6.45, 7) is 6.31. The van der Waals surface area contributed by atoms with Gasteiger partial charge in [0.25, 0.3) is 0 Å². The van der Waals surface area contributed by atoms with E-state index in [2.05, 4.69) is 13.8 Å². The van der Waals surface area contributed by atoms with Crippen LogP contribution in [-0.2, 0) is 0 Å². The Kier molecular flexibility index (Phi) is 5.77. The van der Waals surface area contributed by atoms with E-state index in [4.69, 9.17) is 11.5 Å². The molecule has 0 aliphatic heterocycles. The molecule has 0 atom stereocenters. The van der Waals surface area contributed by atoms with Crippen LogP contribution in [0.15, 0.2) is 18.2 Å². The molecular weight excluding hydrogens is 160 g/mol. The van der Waals surface area contributed by atoms with Crippen LogP contribution in [0.2, 0.25) is 0 Å². The van der Waals surface area contributed by atoms with Crippen LogP contribution in [0.5, 0.6) is 0 Å². The Morgan fingerprint density at radius 1 is 1.08 bits per heavy atom. The number of hydrogen-bond acceptors (Lipinski definition) is 2. The summed E-state index contributed by atoms with van der Waals surface area (Å²) < 4.78 is 0. The quantitative estimate of drug-likeness (QED) is 0.653. The fourth-order valence-corrected chi connectivity index (χ4v) is 0.659. The first-order valence-corrected chi connectivity index (χ1v) is 4.73. The molecule has 0 heterocycles. The molecule has 1 aromatic rings. The zero-order valence-corrected chi connectivity index (χ0v) is 8.80. The van der Waals surface area contributed by atoms with Crippen molar-refractivity contribution in [2.24, 2.45) is 0 Å². The Labute approximate surface area is 80.9 Å². The molecule has 0 bridgehead atoms. The number of aryl methyl sites for hydroxylation is 1. The van der Waals surface area contributed by atoms with Gasteiger partial charge in [-0.1, -0.05) is 32.8 Å². The summed E-state index contributed by atoms with van der Waals surface area (Å²) in [4.78, 5) is 0. The van der Waals surface area contributed by atoms with Gasteiger partial charge in [0.05, 0.1) is 0 Å². The van der Waals surface area contributed by atoms with Gasteiger partial charge in [0.2, 0.25) is 0 Å². The molecule has 74 valence electrons. The summed E-state index contributed by atoms with van der Waals surface area (Å²) in [6, 6.07) is 5.51. The Hall–Kier alpha value is -1.18. The van der Waals surface area contributed by atoms with E-state index in [1.165, 1.54) is 12.8 Å². The zero-order chi connectivity index (χ0) is 10.3. The van der Waals surface area contributed by atoms with Crippen LogP contribution < -0.4 is 11.5 Å². The Morgan fingerprint density at radius 2 is 1.62 bits per heavy atom. The molecule has 0 amide bonds. The van der Waals surface area contributed by atoms with Crippen LogP contribution in [-0.4, -0.2) is 0 Å². The van der Waals surface area contributed by atoms with Crippen LogP contribution in [0.25, 0.3) is 0 Å². The number of benzene rings is 1. The third kappa shape index (κ3) is 5.12. The minimum atomic E-state index is 0.720. The standard InChI is InChI=1S/C7H10N2.C4H10/c1-5-2-3-6(8)4-7(5)9;1-3-4-2/h2-4H,8-9H2,1H3;3-4H2,1-2H3. The van der Waals surface area contributed by atoms with Crippen LogP contribution in [0.3, 0.4) is 0 Å². The average molecular weight is 180 g/mol. The first kappa shape index (κ1) is 11.8. The normalized spacial score (nSPS) is 8.85. The smallest absolute Gasteiger partial charge is 0.0364 e. The molecule has 1 aromatic carbocycles. The molecule has 0 unspecified atom stereocenters. The molecule has 2 heteroatoms. The fourth-order valence-electron chi connectivity index (χ4n) is 0.659. The number of anilines is 2. The lowest BCUT2D eigenvalue weighted by Crippen LogP contribution is -1.91. The van der Waals surface area contributed by atoms with Gasteiger partial charge in [-0.15, -0.1) is 0 Å². The number of rotatable bonds is 1. The predicted octanol–water partition coefficient (Wildman–Crippen LogP) is 2.97. The first-order valence-electron chi connectivity index (χ1n) is 4.73. The third-order valence-corrected chi connectivity index (χ3v) is 1.80. The second kappa shape index (κ2) is 6.35. The van der Waals surface area contributed by atoms with Gasteiger partial charge in [0, 0.05) is 11.4 Å². The van der Waals surface area contributed by atoms with Crippen molar-refractivity contribution in [3.8, 4) is 0 Å². The summed E-state index contributed by atoms with van der Waals surface area (Å²) in [5, 5.41) is 0. The van der Waals surface area contributed by atoms with Crippen LogP contribution in [0.1, 0.15) is 32.3 Å². The molecule has 0 radical (unpaired) electrons. The second-order valence-electron chi connectivity index (χ2n) is 3.12. The first-order chi connectivity index (χ1) is 6.11. The van der Waals surface area contributed by atoms with E-state index in [1.807, 2.05) is 19.1 Å². The van der Waals surface area contributed by atoms with Gasteiger partial charge in [0.1, 0.15) is 0 Å².